The van der Waals surface area contributed by atoms with E-state index in [-0.39, 0.29) is 11.7 Å². The van der Waals surface area contributed by atoms with Gasteiger partial charge in [-0.25, -0.2) is 0 Å². The summed E-state index contributed by atoms with van der Waals surface area (Å²) in [5.74, 6) is 0.0810. The molecule has 0 unspecified atom stereocenters. The van der Waals surface area contributed by atoms with Crippen LogP contribution in [0.15, 0.2) is 53.9 Å². The summed E-state index contributed by atoms with van der Waals surface area (Å²) in [6, 6.07) is 12.7. The molecule has 0 aliphatic rings. The summed E-state index contributed by atoms with van der Waals surface area (Å²) >= 11 is 13.2. The first-order chi connectivity index (χ1) is 12.0. The summed E-state index contributed by atoms with van der Waals surface area (Å²) in [6.07, 6.45) is 1.59. The second-order valence-corrected chi connectivity index (χ2v) is 7.07. The van der Waals surface area contributed by atoms with Gasteiger partial charge in [-0.15, -0.1) is 10.2 Å². The maximum absolute atomic E-state index is 12.2. The molecule has 1 heterocycles. The molecule has 0 fully saturated rings. The van der Waals surface area contributed by atoms with Crippen molar-refractivity contribution in [3.63, 3.8) is 0 Å². The third kappa shape index (κ3) is 4.54. The van der Waals surface area contributed by atoms with Gasteiger partial charge in [-0.2, -0.15) is 0 Å². The SMILES string of the molecule is Cc1cc(Cl)ccc1NC(=O)CSc1nncn1-c1cccc(Cl)c1. The number of amides is 1. The van der Waals surface area contributed by atoms with Gasteiger partial charge in [0.25, 0.3) is 0 Å². The Bertz CT molecular complexity index is 913. The van der Waals surface area contributed by atoms with Crippen LogP contribution in [0.3, 0.4) is 0 Å². The number of benzene rings is 2. The van der Waals surface area contributed by atoms with E-state index in [1.807, 2.05) is 25.1 Å². The molecule has 0 spiro atoms. The van der Waals surface area contributed by atoms with Gasteiger partial charge in [-0.3, -0.25) is 9.36 Å². The maximum Gasteiger partial charge on any atom is 0.234 e. The van der Waals surface area contributed by atoms with Gasteiger partial charge in [0.1, 0.15) is 6.33 Å². The zero-order valence-corrected chi connectivity index (χ0v) is 15.6. The van der Waals surface area contributed by atoms with Crippen LogP contribution in [0.4, 0.5) is 5.69 Å². The predicted octanol–water partition coefficient (Wildman–Crippen LogP) is 4.61. The molecule has 5 nitrogen and oxygen atoms in total. The molecule has 0 atom stereocenters. The van der Waals surface area contributed by atoms with Crippen molar-refractivity contribution in [3.8, 4) is 5.69 Å². The van der Waals surface area contributed by atoms with E-state index in [0.29, 0.717) is 15.2 Å². The normalized spacial score (nSPS) is 10.7. The van der Waals surface area contributed by atoms with Crippen molar-refractivity contribution in [2.45, 2.75) is 12.1 Å². The lowest BCUT2D eigenvalue weighted by molar-refractivity contribution is -0.113. The number of nitrogens with one attached hydrogen (secondary N) is 1. The van der Waals surface area contributed by atoms with Crippen LogP contribution < -0.4 is 5.32 Å². The van der Waals surface area contributed by atoms with Crippen LogP contribution in [-0.4, -0.2) is 26.4 Å². The minimum atomic E-state index is -0.129. The van der Waals surface area contributed by atoms with Crippen molar-refractivity contribution in [1.29, 1.82) is 0 Å². The topological polar surface area (TPSA) is 59.8 Å². The van der Waals surface area contributed by atoms with Crippen LogP contribution in [0.1, 0.15) is 5.56 Å². The number of aromatic nitrogens is 3. The zero-order chi connectivity index (χ0) is 17.8. The van der Waals surface area contributed by atoms with Crippen molar-refractivity contribution >= 4 is 46.6 Å². The summed E-state index contributed by atoms with van der Waals surface area (Å²) in [7, 11) is 0. The number of thioether (sulfide) groups is 1. The number of rotatable bonds is 5. The predicted molar refractivity (Wildman–Crippen MR) is 102 cm³/mol. The number of halogens is 2. The van der Waals surface area contributed by atoms with E-state index in [4.69, 9.17) is 23.2 Å². The van der Waals surface area contributed by atoms with Gasteiger partial charge in [0.15, 0.2) is 5.16 Å². The van der Waals surface area contributed by atoms with E-state index in [1.54, 1.807) is 35.2 Å². The number of carbonyl (C=O) groups excluding carboxylic acids is 1. The summed E-state index contributed by atoms with van der Waals surface area (Å²) < 4.78 is 1.79. The highest BCUT2D eigenvalue weighted by Gasteiger charge is 2.11. The summed E-state index contributed by atoms with van der Waals surface area (Å²) in [5.41, 5.74) is 2.49. The largest absolute Gasteiger partial charge is 0.325 e. The Morgan fingerprint density at radius 3 is 2.76 bits per heavy atom. The van der Waals surface area contributed by atoms with Crippen molar-refractivity contribution in [1.82, 2.24) is 14.8 Å². The quantitative estimate of drug-likeness (QED) is 0.643. The van der Waals surface area contributed by atoms with Crippen LogP contribution in [0.2, 0.25) is 10.0 Å². The van der Waals surface area contributed by atoms with Gasteiger partial charge in [0.05, 0.1) is 11.4 Å². The van der Waals surface area contributed by atoms with E-state index in [0.717, 1.165) is 16.9 Å². The van der Waals surface area contributed by atoms with Crippen LogP contribution in [0.5, 0.6) is 0 Å². The van der Waals surface area contributed by atoms with E-state index in [9.17, 15) is 4.79 Å². The van der Waals surface area contributed by atoms with Crippen molar-refractivity contribution in [3.05, 3.63) is 64.4 Å². The van der Waals surface area contributed by atoms with Crippen molar-refractivity contribution < 1.29 is 4.79 Å². The van der Waals surface area contributed by atoms with Gasteiger partial charge in [-0.05, 0) is 48.9 Å². The molecule has 1 aromatic heterocycles. The number of nitrogens with zero attached hydrogens (tertiary/aromatic N) is 3. The molecular weight excluding hydrogens is 379 g/mol. The fourth-order valence-electron chi connectivity index (χ4n) is 2.21. The van der Waals surface area contributed by atoms with Crippen molar-refractivity contribution in [2.75, 3.05) is 11.1 Å². The number of hydrogen-bond donors (Lipinski definition) is 1. The van der Waals surface area contributed by atoms with Gasteiger partial charge < -0.3 is 5.32 Å². The second kappa shape index (κ2) is 7.91. The van der Waals surface area contributed by atoms with Crippen molar-refractivity contribution in [2.24, 2.45) is 0 Å². The third-order valence-electron chi connectivity index (χ3n) is 3.40. The average Bonchev–Trinajstić information content (AvgIpc) is 3.04. The van der Waals surface area contributed by atoms with E-state index >= 15 is 0 Å². The molecule has 128 valence electrons. The molecule has 3 rings (SSSR count). The number of carbonyl (C=O) groups is 1. The molecule has 0 aliphatic heterocycles. The monoisotopic (exact) mass is 392 g/mol. The molecule has 1 N–H and O–H groups in total. The number of anilines is 1. The first kappa shape index (κ1) is 17.8. The molecule has 1 amide bonds. The summed E-state index contributed by atoms with van der Waals surface area (Å²) in [6.45, 7) is 1.89. The van der Waals surface area contributed by atoms with Gasteiger partial charge in [-0.1, -0.05) is 41.0 Å². The first-order valence-electron chi connectivity index (χ1n) is 7.38. The molecule has 0 aliphatic carbocycles. The smallest absolute Gasteiger partial charge is 0.234 e. The molecule has 2 aromatic carbocycles. The van der Waals surface area contributed by atoms with Crippen LogP contribution in [0, 0.1) is 6.92 Å². The van der Waals surface area contributed by atoms with Crippen LogP contribution in [-0.2, 0) is 4.79 Å². The van der Waals surface area contributed by atoms with Gasteiger partial charge in [0.2, 0.25) is 5.91 Å². The lowest BCUT2D eigenvalue weighted by Gasteiger charge is -2.09. The summed E-state index contributed by atoms with van der Waals surface area (Å²) in [5, 5.41) is 12.7. The lowest BCUT2D eigenvalue weighted by Crippen LogP contribution is -2.15. The molecule has 25 heavy (non-hydrogen) atoms. The Balaban J connectivity index is 1.66. The Kier molecular flexibility index (Phi) is 5.63. The van der Waals surface area contributed by atoms with E-state index < -0.39 is 0 Å². The standard InChI is InChI=1S/C17H14Cl2N4OS/c1-11-7-13(19)5-6-15(11)21-16(24)9-25-17-22-20-10-23(17)14-4-2-3-12(18)8-14/h2-8,10H,9H2,1H3,(H,21,24). The highest BCUT2D eigenvalue weighted by Crippen LogP contribution is 2.23. The molecule has 0 saturated carbocycles. The Morgan fingerprint density at radius 2 is 2.00 bits per heavy atom. The lowest BCUT2D eigenvalue weighted by atomic mass is 10.2. The van der Waals surface area contributed by atoms with E-state index in [1.165, 1.54) is 11.8 Å². The second-order valence-electron chi connectivity index (χ2n) is 5.26. The molecule has 8 heteroatoms. The minimum Gasteiger partial charge on any atom is -0.325 e. The first-order valence-corrected chi connectivity index (χ1v) is 9.12. The fourth-order valence-corrected chi connectivity index (χ4v) is 3.35. The Morgan fingerprint density at radius 1 is 1.20 bits per heavy atom. The maximum atomic E-state index is 12.2. The minimum absolute atomic E-state index is 0.129. The number of hydrogen-bond acceptors (Lipinski definition) is 4. The Hall–Kier alpha value is -2.02. The molecule has 3 aromatic rings. The van der Waals surface area contributed by atoms with E-state index in [2.05, 4.69) is 15.5 Å². The highest BCUT2D eigenvalue weighted by atomic mass is 35.5. The highest BCUT2D eigenvalue weighted by molar-refractivity contribution is 7.99. The van der Waals surface area contributed by atoms with Crippen LogP contribution in [0.25, 0.3) is 5.69 Å². The third-order valence-corrected chi connectivity index (χ3v) is 4.81. The molecule has 0 radical (unpaired) electrons. The zero-order valence-electron chi connectivity index (χ0n) is 13.2. The number of aryl methyl sites for hydroxylation is 1. The molecular formula is C17H14Cl2N4OS. The molecule has 0 saturated heterocycles. The average molecular weight is 393 g/mol. The fraction of sp³-hybridized carbons (Fsp3) is 0.118. The summed E-state index contributed by atoms with van der Waals surface area (Å²) in [4.78, 5) is 12.2. The Labute approximate surface area is 159 Å². The van der Waals surface area contributed by atoms with Gasteiger partial charge >= 0.3 is 0 Å². The molecule has 0 bridgehead atoms. The van der Waals surface area contributed by atoms with Crippen LogP contribution >= 0.6 is 35.0 Å². The van der Waals surface area contributed by atoms with Gasteiger partial charge in [0, 0.05) is 15.7 Å².